The van der Waals surface area contributed by atoms with Crippen LogP contribution in [0.15, 0.2) is 53.6 Å². The standard InChI is InChI=1S/C25H26N2O4S/c1-3-32(29,30)18-6-4-5-17(12-18)19-7-8-21(31-15-25(14-28)9-10-25)23-22(19)20-11-16(2)13-26-24(20)27-23/h4-8,11-13,28H,3,9-10,14-15H2,1-2H3,(H,26,27). The van der Waals surface area contributed by atoms with Crippen LogP contribution in [0.2, 0.25) is 0 Å². The lowest BCUT2D eigenvalue weighted by Crippen LogP contribution is -2.17. The van der Waals surface area contributed by atoms with Gasteiger partial charge in [-0.05, 0) is 66.8 Å². The molecule has 2 aromatic carbocycles. The number of hydrogen-bond donors (Lipinski definition) is 2. The average molecular weight is 451 g/mol. The van der Waals surface area contributed by atoms with Crippen molar-refractivity contribution in [2.45, 2.75) is 31.6 Å². The van der Waals surface area contributed by atoms with E-state index in [1.165, 1.54) is 0 Å². The third-order valence-corrected chi connectivity index (χ3v) is 8.15. The van der Waals surface area contributed by atoms with Crippen molar-refractivity contribution in [1.82, 2.24) is 9.97 Å². The topological polar surface area (TPSA) is 92.3 Å². The van der Waals surface area contributed by atoms with E-state index in [1.807, 2.05) is 31.3 Å². The quantitative estimate of drug-likeness (QED) is 0.428. The second-order valence-electron chi connectivity index (χ2n) is 8.77. The lowest BCUT2D eigenvalue weighted by molar-refractivity contribution is 0.147. The van der Waals surface area contributed by atoms with Crippen molar-refractivity contribution in [2.24, 2.45) is 5.41 Å². The zero-order chi connectivity index (χ0) is 22.5. The van der Waals surface area contributed by atoms with Crippen LogP contribution in [0.25, 0.3) is 33.1 Å². The van der Waals surface area contributed by atoms with Crippen LogP contribution in [-0.2, 0) is 9.84 Å². The van der Waals surface area contributed by atoms with E-state index >= 15 is 0 Å². The summed E-state index contributed by atoms with van der Waals surface area (Å²) in [5, 5.41) is 11.6. The summed E-state index contributed by atoms with van der Waals surface area (Å²) < 4.78 is 31.1. The van der Waals surface area contributed by atoms with E-state index in [2.05, 4.69) is 16.0 Å². The van der Waals surface area contributed by atoms with Crippen molar-refractivity contribution < 1.29 is 18.3 Å². The van der Waals surface area contributed by atoms with Crippen molar-refractivity contribution in [1.29, 1.82) is 0 Å². The summed E-state index contributed by atoms with van der Waals surface area (Å²) in [5.74, 6) is 0.762. The van der Waals surface area contributed by atoms with E-state index in [-0.39, 0.29) is 17.8 Å². The summed E-state index contributed by atoms with van der Waals surface area (Å²) in [6.45, 7) is 4.24. The molecule has 1 aliphatic rings. The van der Waals surface area contributed by atoms with Gasteiger partial charge in [0.1, 0.15) is 11.4 Å². The molecule has 6 nitrogen and oxygen atoms in total. The number of benzene rings is 2. The Morgan fingerprint density at radius 2 is 2.00 bits per heavy atom. The highest BCUT2D eigenvalue weighted by Crippen LogP contribution is 2.46. The van der Waals surface area contributed by atoms with E-state index < -0.39 is 9.84 Å². The van der Waals surface area contributed by atoms with Gasteiger partial charge in [-0.1, -0.05) is 19.1 Å². The Hall–Kier alpha value is -2.90. The van der Waals surface area contributed by atoms with Crippen LogP contribution in [0, 0.1) is 12.3 Å². The SMILES string of the molecule is CCS(=O)(=O)c1cccc(-c2ccc(OCC3(CO)CC3)c3[nH]c4ncc(C)cc4c23)c1. The van der Waals surface area contributed by atoms with Crippen molar-refractivity contribution in [3.8, 4) is 16.9 Å². The Morgan fingerprint density at radius 3 is 2.72 bits per heavy atom. The van der Waals surface area contributed by atoms with E-state index in [1.54, 1.807) is 25.1 Å². The maximum Gasteiger partial charge on any atom is 0.178 e. The van der Waals surface area contributed by atoms with Crippen LogP contribution in [0.1, 0.15) is 25.3 Å². The summed E-state index contributed by atoms with van der Waals surface area (Å²) in [4.78, 5) is 8.27. The summed E-state index contributed by atoms with van der Waals surface area (Å²) in [5.41, 5.74) is 4.23. The highest BCUT2D eigenvalue weighted by Gasteiger charge is 2.43. The van der Waals surface area contributed by atoms with Gasteiger partial charge in [-0.15, -0.1) is 0 Å². The molecule has 32 heavy (non-hydrogen) atoms. The van der Waals surface area contributed by atoms with Gasteiger partial charge in [0, 0.05) is 22.4 Å². The number of nitrogens with one attached hydrogen (secondary N) is 1. The van der Waals surface area contributed by atoms with Gasteiger partial charge in [0.15, 0.2) is 9.84 Å². The number of sulfone groups is 1. The molecule has 0 radical (unpaired) electrons. The van der Waals surface area contributed by atoms with Crippen molar-refractivity contribution in [3.63, 3.8) is 0 Å². The third-order valence-electron chi connectivity index (χ3n) is 6.41. The molecule has 2 aromatic heterocycles. The maximum absolute atomic E-state index is 12.5. The molecule has 0 bridgehead atoms. The minimum absolute atomic E-state index is 0.0570. The molecule has 2 N–H and O–H groups in total. The molecule has 4 aromatic rings. The Labute approximate surface area is 187 Å². The number of rotatable bonds is 7. The maximum atomic E-state index is 12.5. The van der Waals surface area contributed by atoms with Crippen LogP contribution in [-0.4, -0.2) is 42.5 Å². The highest BCUT2D eigenvalue weighted by atomic mass is 32.2. The largest absolute Gasteiger partial charge is 0.491 e. The molecule has 0 saturated heterocycles. The molecule has 0 amide bonds. The molecule has 166 valence electrons. The second-order valence-corrected chi connectivity index (χ2v) is 11.1. The van der Waals surface area contributed by atoms with Crippen LogP contribution < -0.4 is 4.74 Å². The van der Waals surface area contributed by atoms with Gasteiger partial charge in [-0.25, -0.2) is 13.4 Å². The number of aromatic nitrogens is 2. The Morgan fingerprint density at radius 1 is 1.19 bits per heavy atom. The highest BCUT2D eigenvalue weighted by molar-refractivity contribution is 7.91. The van der Waals surface area contributed by atoms with Gasteiger partial charge in [0.25, 0.3) is 0 Å². The molecule has 7 heteroatoms. The number of aryl methyl sites for hydroxylation is 1. The van der Waals surface area contributed by atoms with Gasteiger partial charge in [-0.3, -0.25) is 0 Å². The lowest BCUT2D eigenvalue weighted by atomic mass is 9.99. The number of hydrogen-bond acceptors (Lipinski definition) is 5. The minimum Gasteiger partial charge on any atom is -0.491 e. The van der Waals surface area contributed by atoms with Gasteiger partial charge in [-0.2, -0.15) is 0 Å². The fourth-order valence-electron chi connectivity index (χ4n) is 4.11. The molecule has 1 aliphatic carbocycles. The van der Waals surface area contributed by atoms with Crippen molar-refractivity contribution in [2.75, 3.05) is 19.0 Å². The fourth-order valence-corrected chi connectivity index (χ4v) is 5.03. The lowest BCUT2D eigenvalue weighted by Gasteiger charge is -2.15. The summed E-state index contributed by atoms with van der Waals surface area (Å²) in [6.07, 6.45) is 3.76. The average Bonchev–Trinajstić information content (AvgIpc) is 3.50. The van der Waals surface area contributed by atoms with Crippen LogP contribution in [0.4, 0.5) is 0 Å². The Kier molecular flexibility index (Phi) is 4.98. The first-order valence-corrected chi connectivity index (χ1v) is 12.5. The summed E-state index contributed by atoms with van der Waals surface area (Å²) in [6, 6.07) is 13.1. The van der Waals surface area contributed by atoms with Gasteiger partial charge < -0.3 is 14.8 Å². The number of aliphatic hydroxyl groups excluding tert-OH is 1. The molecule has 0 aliphatic heterocycles. The third kappa shape index (κ3) is 3.55. The number of aromatic amines is 1. The van der Waals surface area contributed by atoms with Crippen LogP contribution in [0.3, 0.4) is 0 Å². The fraction of sp³-hybridized carbons (Fsp3) is 0.320. The van der Waals surface area contributed by atoms with Crippen LogP contribution >= 0.6 is 0 Å². The predicted octanol–water partition coefficient (Wildman–Crippen LogP) is 4.64. The first-order chi connectivity index (χ1) is 15.4. The monoisotopic (exact) mass is 450 g/mol. The van der Waals surface area contributed by atoms with E-state index in [0.29, 0.717) is 17.3 Å². The summed E-state index contributed by atoms with van der Waals surface area (Å²) >= 11 is 0. The Bertz CT molecular complexity index is 1440. The number of nitrogens with zero attached hydrogens (tertiary/aromatic N) is 1. The Balaban J connectivity index is 1.70. The van der Waals surface area contributed by atoms with Gasteiger partial charge in [0.2, 0.25) is 0 Å². The molecule has 1 saturated carbocycles. The molecule has 2 heterocycles. The molecule has 0 unspecified atom stereocenters. The van der Waals surface area contributed by atoms with Gasteiger partial charge >= 0.3 is 0 Å². The number of H-pyrrole nitrogens is 1. The van der Waals surface area contributed by atoms with Crippen molar-refractivity contribution >= 4 is 31.8 Å². The molecular formula is C25H26N2O4S. The number of fused-ring (bicyclic) bond motifs is 3. The number of pyridine rings is 1. The van der Waals surface area contributed by atoms with E-state index in [0.717, 1.165) is 51.5 Å². The smallest absolute Gasteiger partial charge is 0.178 e. The predicted molar refractivity (Wildman–Crippen MR) is 126 cm³/mol. The normalized spacial score (nSPS) is 15.3. The van der Waals surface area contributed by atoms with Crippen molar-refractivity contribution in [3.05, 3.63) is 54.2 Å². The minimum atomic E-state index is -3.32. The van der Waals surface area contributed by atoms with E-state index in [9.17, 15) is 13.5 Å². The molecule has 0 atom stereocenters. The first-order valence-electron chi connectivity index (χ1n) is 10.8. The zero-order valence-corrected chi connectivity index (χ0v) is 19.0. The molecule has 5 rings (SSSR count). The van der Waals surface area contributed by atoms with E-state index in [4.69, 9.17) is 4.74 Å². The molecule has 0 spiro atoms. The van der Waals surface area contributed by atoms with Crippen LogP contribution in [0.5, 0.6) is 5.75 Å². The summed E-state index contributed by atoms with van der Waals surface area (Å²) in [7, 11) is -3.32. The van der Waals surface area contributed by atoms with Gasteiger partial charge in [0.05, 0.1) is 29.4 Å². The number of ether oxygens (including phenoxy) is 1. The first kappa shape index (κ1) is 21.0. The second kappa shape index (κ2) is 7.60. The zero-order valence-electron chi connectivity index (χ0n) is 18.2. The molecular weight excluding hydrogens is 424 g/mol. The number of aliphatic hydroxyl groups is 1. The molecule has 1 fully saturated rings.